The van der Waals surface area contributed by atoms with E-state index in [0.717, 1.165) is 28.1 Å². The first-order chi connectivity index (χ1) is 58.9. The van der Waals surface area contributed by atoms with E-state index in [4.69, 9.17) is 0 Å². The van der Waals surface area contributed by atoms with Gasteiger partial charge in [0, 0.05) is 75.1 Å². The number of fused-ring (bicyclic) bond motifs is 15. The smallest absolute Gasteiger partial charge is 0.207 e. The maximum atomic E-state index is 14.7. The fourth-order valence-electron chi connectivity index (χ4n) is 21.4. The average molecular weight is 1640 g/mol. The number of nitrogens with zero attached hydrogens (tertiary/aromatic N) is 5. The highest BCUT2D eigenvalue weighted by atomic mass is 19.1. The molecule has 0 radical (unpaired) electrons. The summed E-state index contributed by atoms with van der Waals surface area (Å²) in [5.74, 6) is 0.474. The third kappa shape index (κ3) is 14.3. The summed E-state index contributed by atoms with van der Waals surface area (Å²) in [6, 6.07) is 84.8. The summed E-state index contributed by atoms with van der Waals surface area (Å²) >= 11 is 0. The summed E-state index contributed by atoms with van der Waals surface area (Å²) in [5.41, 5.74) is 46.9. The van der Waals surface area contributed by atoms with Gasteiger partial charge < -0.3 is 0 Å². The van der Waals surface area contributed by atoms with E-state index in [2.05, 4.69) is 373 Å². The Labute approximate surface area is 734 Å². The molecule has 0 amide bonds. The van der Waals surface area contributed by atoms with Crippen LogP contribution in [0.4, 0.5) is 13.2 Å². The molecule has 0 unspecified atom stereocenters. The van der Waals surface area contributed by atoms with Crippen molar-refractivity contribution in [2.24, 2.45) is 35.2 Å². The minimum absolute atomic E-state index is 0.00805. The van der Waals surface area contributed by atoms with Crippen LogP contribution in [0.5, 0.6) is 0 Å². The highest BCUT2D eigenvalue weighted by molar-refractivity contribution is 5.93. The van der Waals surface area contributed by atoms with Crippen LogP contribution in [0.1, 0.15) is 203 Å². The Hall–Kier alpha value is -12.3. The molecule has 0 fully saturated rings. The van der Waals surface area contributed by atoms with E-state index in [9.17, 15) is 13.2 Å². The monoisotopic (exact) mass is 1640 g/mol. The molecule has 0 saturated heterocycles. The number of hydrogen-bond acceptors (Lipinski definition) is 0. The van der Waals surface area contributed by atoms with E-state index < -0.39 is 0 Å². The summed E-state index contributed by atoms with van der Waals surface area (Å²) in [6.07, 6.45) is 9.74. The van der Waals surface area contributed by atoms with Gasteiger partial charge in [-0.2, -0.15) is 13.5 Å². The van der Waals surface area contributed by atoms with Gasteiger partial charge in [-0.1, -0.05) is 279 Å². The molecule has 0 spiro atoms. The second-order valence-corrected chi connectivity index (χ2v) is 38.5. The maximum absolute atomic E-state index is 14.7. The quantitative estimate of drug-likeness (QED) is 0.142. The Morgan fingerprint density at radius 3 is 0.887 bits per heavy atom. The van der Waals surface area contributed by atoms with Gasteiger partial charge in [0.2, 0.25) is 34.7 Å². The minimum Gasteiger partial charge on any atom is -0.207 e. The molecular weight excluding hydrogens is 1520 g/mol. The van der Waals surface area contributed by atoms with E-state index in [1.807, 2.05) is 47.1 Å². The van der Waals surface area contributed by atoms with Crippen molar-refractivity contribution in [1.82, 2.24) is 0 Å². The number of rotatable bonds is 7. The molecular formula is C116H119F3N5+5. The van der Waals surface area contributed by atoms with Crippen LogP contribution in [0.2, 0.25) is 0 Å². The molecule has 5 heterocycles. The lowest BCUT2D eigenvalue weighted by atomic mass is 9.78. The Balaban J connectivity index is 0.000000115. The van der Waals surface area contributed by atoms with Gasteiger partial charge in [-0.05, 0) is 209 Å². The lowest BCUT2D eigenvalue weighted by Crippen LogP contribution is -2.33. The van der Waals surface area contributed by atoms with Gasteiger partial charge in [0.1, 0.15) is 41.1 Å². The van der Waals surface area contributed by atoms with Gasteiger partial charge in [-0.15, -0.1) is 0 Å². The number of aryl methyl sites for hydroxylation is 10. The number of aromatic nitrogens is 5. The van der Waals surface area contributed by atoms with E-state index in [0.29, 0.717) is 17.5 Å². The SMILES string of the molecule is Cc1ccc2c(c1-c1c(F)ccc[n+]1C)C(C)(C)c1ccccc1-2.Cc1ccc2c(c1-c1cc(C(C)C)cc[n+]1C)C(C)(C)c1ccccc1-2.Cc1ccc2c(c1-c1cc(F)cc[n+]1C)C(C)(C)c1ccccc1-2.Cc1ccc2c(c1-c1ccc(C(C)C)c[n+]1C)C(C)(C)c1ccccc1-2.Cc1ccc2c(c1-c1ccc(F)c[n+]1C)C(C)(C)c1ccccc1-2. The minimum atomic E-state index is -0.214. The van der Waals surface area contributed by atoms with Crippen molar-refractivity contribution in [1.29, 1.82) is 0 Å². The van der Waals surface area contributed by atoms with E-state index in [1.54, 1.807) is 36.7 Å². The van der Waals surface area contributed by atoms with E-state index in [1.165, 1.54) is 179 Å². The third-order valence-corrected chi connectivity index (χ3v) is 27.9. The topological polar surface area (TPSA) is 19.4 Å². The first-order valence-corrected chi connectivity index (χ1v) is 44.0. The predicted molar refractivity (Wildman–Crippen MR) is 505 cm³/mol. The number of benzene rings is 10. The molecule has 0 saturated carbocycles. The fraction of sp³-hybridized carbons (Fsp3) is 0.267. The molecule has 5 aromatic heterocycles. The predicted octanol–water partition coefficient (Wildman–Crippen LogP) is 26.6. The van der Waals surface area contributed by atoms with Crippen molar-refractivity contribution < 1.29 is 36.0 Å². The van der Waals surface area contributed by atoms with Crippen LogP contribution in [0.3, 0.4) is 0 Å². The summed E-state index contributed by atoms with van der Waals surface area (Å²) in [4.78, 5) is 0. The summed E-state index contributed by atoms with van der Waals surface area (Å²) in [6.45, 7) is 42.9. The number of halogens is 3. The zero-order chi connectivity index (χ0) is 88.5. The Bertz CT molecular complexity index is 6800. The number of hydrogen-bond donors (Lipinski definition) is 0. The van der Waals surface area contributed by atoms with Gasteiger partial charge >= 0.3 is 0 Å². The molecule has 0 N–H and O–H groups in total. The average Bonchev–Trinajstić information content (AvgIpc) is 1.58. The van der Waals surface area contributed by atoms with Crippen LogP contribution in [-0.2, 0) is 62.3 Å². The van der Waals surface area contributed by atoms with E-state index in [-0.39, 0.29) is 44.5 Å². The molecule has 5 aliphatic carbocycles. The molecule has 0 bridgehead atoms. The van der Waals surface area contributed by atoms with Crippen LogP contribution in [0.15, 0.2) is 274 Å². The normalized spacial score (nSPS) is 14.4. The van der Waals surface area contributed by atoms with E-state index >= 15 is 0 Å². The highest BCUT2D eigenvalue weighted by Gasteiger charge is 2.46. The zero-order valence-electron chi connectivity index (χ0n) is 77.0. The van der Waals surface area contributed by atoms with Crippen LogP contribution >= 0.6 is 0 Å². The van der Waals surface area contributed by atoms with Crippen molar-refractivity contribution in [2.45, 2.75) is 170 Å². The van der Waals surface area contributed by atoms with Gasteiger partial charge in [0.05, 0.1) is 27.8 Å². The lowest BCUT2D eigenvalue weighted by Gasteiger charge is -2.24. The first-order valence-electron chi connectivity index (χ1n) is 44.0. The van der Waals surface area contributed by atoms with Crippen molar-refractivity contribution >= 4 is 0 Å². The molecule has 124 heavy (non-hydrogen) atoms. The van der Waals surface area contributed by atoms with Gasteiger partial charge in [0.25, 0.3) is 0 Å². The molecule has 20 rings (SSSR count). The fourth-order valence-corrected chi connectivity index (χ4v) is 21.4. The van der Waals surface area contributed by atoms with Gasteiger partial charge in [-0.3, -0.25) is 0 Å². The number of pyridine rings is 5. The molecule has 8 heteroatoms. The molecule has 0 atom stereocenters. The molecule has 624 valence electrons. The molecule has 10 aromatic carbocycles. The van der Waals surface area contributed by atoms with Crippen LogP contribution in [0.25, 0.3) is 112 Å². The standard InChI is InChI=1S/2C25H28N.3C22H21FN/c1-16(2)18-12-14-22(26(6)15-18)23-17(3)11-13-20-19-9-7-8-10-21(19)25(4,5)24(20)23;1-16(2)18-13-14-26(6)22(15-18)23-17(3)11-12-20-19-9-7-8-10-21(19)25(4,5)24(20)23;1-14-11-12-16-15-8-5-6-9-17(15)22(2,3)20(16)19(14)21-18(23)10-7-13-24(21)4;1-14-9-11-17-16-7-5-6-8-18(16)22(2,3)21(17)20(14)19-12-10-15(23)13-24(19)4;1-14-9-10-17-16-7-5-6-8-18(16)22(2,3)21(17)20(14)19-13-15(23)11-12-24(19)4/h2*7-16H,1-6H3;3*5-13H,1-4H3/q5*+1. The molecule has 0 aliphatic heterocycles. The molecule has 5 aliphatic rings. The Kier molecular flexibility index (Phi) is 22.1. The lowest BCUT2D eigenvalue weighted by molar-refractivity contribution is -0.662. The Morgan fingerprint density at radius 2 is 0.548 bits per heavy atom. The van der Waals surface area contributed by atoms with Gasteiger partial charge in [0.15, 0.2) is 36.4 Å². The largest absolute Gasteiger partial charge is 0.248 e. The maximum Gasteiger partial charge on any atom is 0.248 e. The Morgan fingerprint density at radius 1 is 0.242 bits per heavy atom. The summed E-state index contributed by atoms with van der Waals surface area (Å²) in [7, 11) is 10.1. The zero-order valence-corrected chi connectivity index (χ0v) is 77.0. The third-order valence-electron chi connectivity index (χ3n) is 27.9. The van der Waals surface area contributed by atoms with Crippen molar-refractivity contribution in [3.05, 3.63) is 386 Å². The van der Waals surface area contributed by atoms with Crippen LogP contribution in [-0.4, -0.2) is 0 Å². The second kappa shape index (κ2) is 32.1. The summed E-state index contributed by atoms with van der Waals surface area (Å²) in [5, 5.41) is 0. The molecule has 5 nitrogen and oxygen atoms in total. The summed E-state index contributed by atoms with van der Waals surface area (Å²) < 4.78 is 52.6. The van der Waals surface area contributed by atoms with Crippen LogP contribution in [0, 0.1) is 52.1 Å². The molecule has 15 aromatic rings. The van der Waals surface area contributed by atoms with Crippen molar-refractivity contribution in [2.75, 3.05) is 0 Å². The van der Waals surface area contributed by atoms with Gasteiger partial charge in [-0.25, -0.2) is 22.5 Å². The van der Waals surface area contributed by atoms with Crippen LogP contribution < -0.4 is 22.8 Å². The highest BCUT2D eigenvalue weighted by Crippen LogP contribution is 2.58. The van der Waals surface area contributed by atoms with Crippen molar-refractivity contribution in [3.63, 3.8) is 0 Å². The van der Waals surface area contributed by atoms with Crippen molar-refractivity contribution in [3.8, 4) is 112 Å². The second-order valence-electron chi connectivity index (χ2n) is 38.5. The first kappa shape index (κ1) is 85.3.